The number of nitrogens with one attached hydrogen (secondary N) is 1. The standard InChI is InChI=1S/C20H26N2O2S/c1-14-8-10-22(11-9-14)13-16-15-5-2-3-7-18(15)25-20(16)21-19(23)17-6-4-12-24-17/h4,6,12,14H,2-3,5,7-11,13H2,1H3,(H,21,23). The Balaban J connectivity index is 1.57. The molecule has 1 saturated heterocycles. The van der Waals surface area contributed by atoms with E-state index < -0.39 is 0 Å². The Bertz CT molecular complexity index is 727. The van der Waals surface area contributed by atoms with Crippen LogP contribution in [0.4, 0.5) is 5.00 Å². The van der Waals surface area contributed by atoms with Gasteiger partial charge in [0.05, 0.1) is 6.26 Å². The number of rotatable bonds is 4. The van der Waals surface area contributed by atoms with Gasteiger partial charge in [0.25, 0.3) is 5.91 Å². The lowest BCUT2D eigenvalue weighted by Crippen LogP contribution is -2.32. The summed E-state index contributed by atoms with van der Waals surface area (Å²) >= 11 is 1.78. The van der Waals surface area contributed by atoms with Gasteiger partial charge >= 0.3 is 0 Å². The number of hydrogen-bond acceptors (Lipinski definition) is 4. The highest BCUT2D eigenvalue weighted by molar-refractivity contribution is 7.16. The molecule has 25 heavy (non-hydrogen) atoms. The topological polar surface area (TPSA) is 45.5 Å². The van der Waals surface area contributed by atoms with Crippen molar-refractivity contribution in [1.82, 2.24) is 4.90 Å². The van der Waals surface area contributed by atoms with Gasteiger partial charge in [0, 0.05) is 17.0 Å². The van der Waals surface area contributed by atoms with Crippen molar-refractivity contribution < 1.29 is 9.21 Å². The fourth-order valence-corrected chi connectivity index (χ4v) is 5.21. The minimum Gasteiger partial charge on any atom is -0.459 e. The molecule has 1 N–H and O–H groups in total. The van der Waals surface area contributed by atoms with Gasteiger partial charge in [-0.05, 0) is 75.2 Å². The molecule has 1 amide bonds. The Morgan fingerprint density at radius 2 is 2.12 bits per heavy atom. The zero-order chi connectivity index (χ0) is 17.2. The van der Waals surface area contributed by atoms with Crippen LogP contribution in [0.3, 0.4) is 0 Å². The fraction of sp³-hybridized carbons (Fsp3) is 0.550. The normalized spacial score (nSPS) is 18.9. The molecule has 2 aromatic heterocycles. The SMILES string of the molecule is CC1CCN(Cc2c(NC(=O)c3ccco3)sc3c2CCCC3)CC1. The summed E-state index contributed by atoms with van der Waals surface area (Å²) in [5.74, 6) is 1.08. The van der Waals surface area contributed by atoms with E-state index in [0.29, 0.717) is 5.76 Å². The van der Waals surface area contributed by atoms with Crippen molar-refractivity contribution in [1.29, 1.82) is 0 Å². The first-order valence-corrected chi connectivity index (χ1v) is 10.2. The molecule has 134 valence electrons. The monoisotopic (exact) mass is 358 g/mol. The van der Waals surface area contributed by atoms with Crippen LogP contribution in [0.5, 0.6) is 0 Å². The van der Waals surface area contributed by atoms with E-state index in [0.717, 1.165) is 43.4 Å². The van der Waals surface area contributed by atoms with E-state index in [-0.39, 0.29) is 5.91 Å². The third-order valence-corrected chi connectivity index (χ3v) is 6.76. The average Bonchev–Trinajstić information content (AvgIpc) is 3.26. The van der Waals surface area contributed by atoms with Gasteiger partial charge in [-0.3, -0.25) is 9.69 Å². The number of furan rings is 1. The van der Waals surface area contributed by atoms with E-state index >= 15 is 0 Å². The number of aryl methyl sites for hydroxylation is 1. The van der Waals surface area contributed by atoms with Crippen LogP contribution in [0.1, 0.15) is 59.2 Å². The van der Waals surface area contributed by atoms with Gasteiger partial charge in [0.15, 0.2) is 5.76 Å². The number of carbonyl (C=O) groups is 1. The molecule has 4 nitrogen and oxygen atoms in total. The van der Waals surface area contributed by atoms with E-state index in [1.54, 1.807) is 29.7 Å². The van der Waals surface area contributed by atoms with Crippen molar-refractivity contribution >= 4 is 22.2 Å². The summed E-state index contributed by atoms with van der Waals surface area (Å²) < 4.78 is 5.25. The first kappa shape index (κ1) is 16.9. The smallest absolute Gasteiger partial charge is 0.291 e. The van der Waals surface area contributed by atoms with Crippen LogP contribution in [0, 0.1) is 5.92 Å². The molecule has 1 aliphatic heterocycles. The highest BCUT2D eigenvalue weighted by atomic mass is 32.1. The summed E-state index contributed by atoms with van der Waals surface area (Å²) in [4.78, 5) is 16.5. The minimum atomic E-state index is -0.142. The van der Waals surface area contributed by atoms with Gasteiger partial charge < -0.3 is 9.73 Å². The Morgan fingerprint density at radius 1 is 1.32 bits per heavy atom. The van der Waals surface area contributed by atoms with Gasteiger partial charge in [-0.1, -0.05) is 6.92 Å². The summed E-state index contributed by atoms with van der Waals surface area (Å²) in [5.41, 5.74) is 2.86. The Hall–Kier alpha value is -1.59. The first-order chi connectivity index (χ1) is 12.2. The summed E-state index contributed by atoms with van der Waals surface area (Å²) in [6.07, 6.45) is 8.94. The Morgan fingerprint density at radius 3 is 2.88 bits per heavy atom. The minimum absolute atomic E-state index is 0.142. The highest BCUT2D eigenvalue weighted by Gasteiger charge is 2.25. The van der Waals surface area contributed by atoms with Gasteiger partial charge in [0.2, 0.25) is 0 Å². The van der Waals surface area contributed by atoms with Crippen LogP contribution < -0.4 is 5.32 Å². The van der Waals surface area contributed by atoms with Gasteiger partial charge in [-0.15, -0.1) is 11.3 Å². The van der Waals surface area contributed by atoms with Crippen LogP contribution in [-0.4, -0.2) is 23.9 Å². The molecule has 0 saturated carbocycles. The average molecular weight is 359 g/mol. The lowest BCUT2D eigenvalue weighted by atomic mass is 9.94. The molecular formula is C20H26N2O2S. The number of amides is 1. The number of anilines is 1. The second kappa shape index (κ2) is 7.34. The number of carbonyl (C=O) groups excluding carboxylic acids is 1. The predicted octanol–water partition coefficient (Wildman–Crippen LogP) is 4.70. The molecule has 0 atom stereocenters. The molecule has 0 unspecified atom stereocenters. The maximum absolute atomic E-state index is 12.5. The van der Waals surface area contributed by atoms with Gasteiger partial charge in [-0.25, -0.2) is 0 Å². The van der Waals surface area contributed by atoms with Crippen LogP contribution in [0.15, 0.2) is 22.8 Å². The van der Waals surface area contributed by atoms with Crippen molar-refractivity contribution in [2.24, 2.45) is 5.92 Å². The van der Waals surface area contributed by atoms with Crippen molar-refractivity contribution in [2.75, 3.05) is 18.4 Å². The quantitative estimate of drug-likeness (QED) is 0.861. The fourth-order valence-electron chi connectivity index (χ4n) is 3.92. The molecule has 4 rings (SSSR count). The van der Waals surface area contributed by atoms with E-state index in [9.17, 15) is 4.79 Å². The Kier molecular flexibility index (Phi) is 4.95. The van der Waals surface area contributed by atoms with Gasteiger partial charge in [-0.2, -0.15) is 0 Å². The van der Waals surface area contributed by atoms with Crippen molar-refractivity contribution in [3.05, 3.63) is 40.2 Å². The molecule has 2 aromatic rings. The third-order valence-electron chi connectivity index (χ3n) is 5.51. The largest absolute Gasteiger partial charge is 0.459 e. The summed E-state index contributed by atoms with van der Waals surface area (Å²) in [6.45, 7) is 5.64. The molecule has 5 heteroatoms. The maximum atomic E-state index is 12.5. The summed E-state index contributed by atoms with van der Waals surface area (Å²) in [5, 5.41) is 4.16. The summed E-state index contributed by atoms with van der Waals surface area (Å²) in [7, 11) is 0. The predicted molar refractivity (Wildman–Crippen MR) is 101 cm³/mol. The molecule has 0 aromatic carbocycles. The Labute approximate surface area is 153 Å². The zero-order valence-electron chi connectivity index (χ0n) is 14.8. The number of nitrogens with zero attached hydrogens (tertiary/aromatic N) is 1. The molecule has 0 spiro atoms. The first-order valence-electron chi connectivity index (χ1n) is 9.41. The second-order valence-electron chi connectivity index (χ2n) is 7.41. The van der Waals surface area contributed by atoms with Crippen LogP contribution >= 0.6 is 11.3 Å². The number of thiophene rings is 1. The number of fused-ring (bicyclic) bond motifs is 1. The van der Waals surface area contributed by atoms with Crippen molar-refractivity contribution in [3.63, 3.8) is 0 Å². The van der Waals surface area contributed by atoms with Crippen LogP contribution in [0.25, 0.3) is 0 Å². The summed E-state index contributed by atoms with van der Waals surface area (Å²) in [6, 6.07) is 3.47. The van der Waals surface area contributed by atoms with E-state index in [2.05, 4.69) is 17.1 Å². The molecule has 2 aliphatic rings. The molecular weight excluding hydrogens is 332 g/mol. The number of likely N-dealkylation sites (tertiary alicyclic amines) is 1. The number of hydrogen-bond donors (Lipinski definition) is 1. The molecule has 3 heterocycles. The van der Waals surface area contributed by atoms with Crippen molar-refractivity contribution in [2.45, 2.75) is 52.0 Å². The number of piperidine rings is 1. The molecule has 1 fully saturated rings. The second-order valence-corrected chi connectivity index (χ2v) is 8.51. The van der Waals surface area contributed by atoms with E-state index in [1.807, 2.05) is 0 Å². The maximum Gasteiger partial charge on any atom is 0.291 e. The molecule has 0 bridgehead atoms. The van der Waals surface area contributed by atoms with Crippen LogP contribution in [0.2, 0.25) is 0 Å². The van der Waals surface area contributed by atoms with E-state index in [4.69, 9.17) is 4.42 Å². The van der Waals surface area contributed by atoms with E-state index in [1.165, 1.54) is 41.7 Å². The third kappa shape index (κ3) is 3.67. The lowest BCUT2D eigenvalue weighted by Gasteiger charge is -2.30. The zero-order valence-corrected chi connectivity index (χ0v) is 15.7. The van der Waals surface area contributed by atoms with Gasteiger partial charge in [0.1, 0.15) is 5.00 Å². The van der Waals surface area contributed by atoms with Crippen LogP contribution in [-0.2, 0) is 19.4 Å². The van der Waals surface area contributed by atoms with Crippen molar-refractivity contribution in [3.8, 4) is 0 Å². The highest BCUT2D eigenvalue weighted by Crippen LogP contribution is 2.39. The molecule has 1 aliphatic carbocycles. The molecule has 0 radical (unpaired) electrons. The lowest BCUT2D eigenvalue weighted by molar-refractivity contribution is 0.0996.